The normalized spacial score (nSPS) is 18.2. The van der Waals surface area contributed by atoms with Crippen molar-refractivity contribution in [2.45, 2.75) is 32.2 Å². The van der Waals surface area contributed by atoms with Gasteiger partial charge in [-0.1, -0.05) is 48.5 Å². The van der Waals surface area contributed by atoms with Gasteiger partial charge in [0.05, 0.1) is 31.0 Å². The second-order valence-electron chi connectivity index (χ2n) is 8.68. The molecule has 0 bridgehead atoms. The molecule has 1 fully saturated rings. The molecule has 1 aliphatic rings. The molecule has 0 spiro atoms. The number of likely N-dealkylation sites (tertiary alicyclic amines) is 1. The summed E-state index contributed by atoms with van der Waals surface area (Å²) in [6, 6.07) is 20.3. The van der Waals surface area contributed by atoms with Gasteiger partial charge in [-0.25, -0.2) is 4.68 Å². The van der Waals surface area contributed by atoms with Crippen molar-refractivity contribution in [2.24, 2.45) is 0 Å². The number of hydrogen-bond acceptors (Lipinski definition) is 5. The summed E-state index contributed by atoms with van der Waals surface area (Å²) in [5.41, 5.74) is 3.90. The van der Waals surface area contributed by atoms with Gasteiger partial charge < -0.3 is 14.8 Å². The number of benzene rings is 2. The summed E-state index contributed by atoms with van der Waals surface area (Å²) >= 11 is 0. The van der Waals surface area contributed by atoms with E-state index in [1.54, 1.807) is 7.11 Å². The maximum atomic E-state index is 13.3. The van der Waals surface area contributed by atoms with Crippen molar-refractivity contribution in [3.05, 3.63) is 77.5 Å². The van der Waals surface area contributed by atoms with Gasteiger partial charge in [0.1, 0.15) is 0 Å². The van der Waals surface area contributed by atoms with Gasteiger partial charge in [0, 0.05) is 44.3 Å². The lowest BCUT2D eigenvalue weighted by molar-refractivity contribution is -0.121. The number of methoxy groups -OCH3 is 1. The van der Waals surface area contributed by atoms with Crippen LogP contribution in [0.2, 0.25) is 0 Å². The summed E-state index contributed by atoms with van der Waals surface area (Å²) in [6.07, 6.45) is 0.233. The van der Waals surface area contributed by atoms with Gasteiger partial charge in [0.15, 0.2) is 0 Å². The third kappa shape index (κ3) is 5.48. The van der Waals surface area contributed by atoms with Crippen LogP contribution >= 0.6 is 0 Å². The first-order valence-electron chi connectivity index (χ1n) is 11.9. The molecule has 2 atom stereocenters. The van der Waals surface area contributed by atoms with E-state index in [2.05, 4.69) is 39.6 Å². The van der Waals surface area contributed by atoms with Gasteiger partial charge in [-0.15, -0.1) is 5.10 Å². The summed E-state index contributed by atoms with van der Waals surface area (Å²) in [5, 5.41) is 7.98. The van der Waals surface area contributed by atoms with Crippen LogP contribution < -0.4 is 10.1 Å². The molecule has 1 aromatic heterocycles. The van der Waals surface area contributed by atoms with E-state index >= 15 is 0 Å². The Bertz CT molecular complexity index is 1070. The van der Waals surface area contributed by atoms with Gasteiger partial charge >= 0.3 is 0 Å². The number of carbonyl (C=O) groups is 1. The van der Waals surface area contributed by atoms with E-state index in [0.29, 0.717) is 19.1 Å². The lowest BCUT2D eigenvalue weighted by Crippen LogP contribution is -2.41. The number of para-hydroxylation sites is 1. The molecule has 0 radical (unpaired) electrons. The van der Waals surface area contributed by atoms with Crippen LogP contribution in [-0.4, -0.2) is 66.6 Å². The Labute approximate surface area is 201 Å². The van der Waals surface area contributed by atoms with Crippen LogP contribution in [0.1, 0.15) is 29.7 Å². The van der Waals surface area contributed by atoms with Crippen LogP contribution in [0.4, 0.5) is 0 Å². The zero-order valence-electron chi connectivity index (χ0n) is 20.2. The number of carbonyl (C=O) groups excluding carboxylic acids is 1. The first kappa shape index (κ1) is 24.0. The van der Waals surface area contributed by atoms with Crippen molar-refractivity contribution >= 4 is 5.91 Å². The molecule has 0 aliphatic carbocycles. The molecule has 180 valence electrons. The summed E-state index contributed by atoms with van der Waals surface area (Å²) in [7, 11) is 1.72. The number of nitrogens with zero attached hydrogens (tertiary/aromatic N) is 3. The summed E-state index contributed by atoms with van der Waals surface area (Å²) in [6.45, 7) is 7.66. The fourth-order valence-electron chi connectivity index (χ4n) is 4.65. The van der Waals surface area contributed by atoms with Crippen molar-refractivity contribution in [3.63, 3.8) is 0 Å². The number of amides is 1. The third-order valence-corrected chi connectivity index (χ3v) is 6.39. The van der Waals surface area contributed by atoms with Gasteiger partial charge in [-0.2, -0.15) is 0 Å². The monoisotopic (exact) mass is 462 g/mol. The zero-order chi connectivity index (χ0) is 23.9. The van der Waals surface area contributed by atoms with Crippen LogP contribution in [0.25, 0.3) is 5.69 Å². The average Bonchev–Trinajstić information content (AvgIpc) is 3.40. The zero-order valence-corrected chi connectivity index (χ0v) is 20.2. The highest BCUT2D eigenvalue weighted by Crippen LogP contribution is 2.28. The molecule has 1 aliphatic heterocycles. The molecule has 1 N–H and O–H groups in total. The number of aromatic nitrogens is 2. The topological polar surface area (TPSA) is 68.6 Å². The van der Waals surface area contributed by atoms with E-state index in [1.807, 2.05) is 54.9 Å². The predicted octanol–water partition coefficient (Wildman–Crippen LogP) is 3.35. The Morgan fingerprint density at radius 3 is 2.47 bits per heavy atom. The summed E-state index contributed by atoms with van der Waals surface area (Å²) in [5.74, 6) is 0.798. The Balaban J connectivity index is 1.54. The van der Waals surface area contributed by atoms with Crippen molar-refractivity contribution in [2.75, 3.05) is 40.0 Å². The molecule has 7 heteroatoms. The fourth-order valence-corrected chi connectivity index (χ4v) is 4.65. The summed E-state index contributed by atoms with van der Waals surface area (Å²) in [4.78, 5) is 15.7. The lowest BCUT2D eigenvalue weighted by Gasteiger charge is -2.20. The molecule has 2 aromatic carbocycles. The average molecular weight is 463 g/mol. The lowest BCUT2D eigenvalue weighted by atomic mass is 9.94. The van der Waals surface area contributed by atoms with Gasteiger partial charge in [0.2, 0.25) is 11.8 Å². The Morgan fingerprint density at radius 2 is 1.79 bits per heavy atom. The first-order chi connectivity index (χ1) is 16.6. The second kappa shape index (κ2) is 11.3. The van der Waals surface area contributed by atoms with Crippen molar-refractivity contribution in [1.82, 2.24) is 20.0 Å². The highest BCUT2D eigenvalue weighted by atomic mass is 16.5. The first-order valence-corrected chi connectivity index (χ1v) is 11.9. The van der Waals surface area contributed by atoms with Crippen LogP contribution in [0, 0.1) is 6.92 Å². The molecule has 7 nitrogen and oxygen atoms in total. The van der Waals surface area contributed by atoms with E-state index in [4.69, 9.17) is 9.47 Å². The standard InChI is InChI=1S/C27H34N4O3/c1-4-34-27-20(2)25(31(29-27)22-13-9-6-10-14-22)17-26(32)28-24-19-30(15-16-33-3)18-23(24)21-11-7-5-8-12-21/h5-14,23-24H,4,15-19H2,1-3H3,(H,28,32)/t23-,24+/m0/s1. The molecule has 0 unspecified atom stereocenters. The SMILES string of the molecule is CCOc1nn(-c2ccccc2)c(CC(=O)N[C@@H]2CN(CCOC)C[C@H]2c2ccccc2)c1C. The quantitative estimate of drug-likeness (QED) is 0.501. The van der Waals surface area contributed by atoms with E-state index in [-0.39, 0.29) is 24.3 Å². The molecule has 1 amide bonds. The highest BCUT2D eigenvalue weighted by molar-refractivity contribution is 5.79. The van der Waals surface area contributed by atoms with Crippen molar-refractivity contribution in [1.29, 1.82) is 0 Å². The fraction of sp³-hybridized carbons (Fsp3) is 0.407. The number of ether oxygens (including phenoxy) is 2. The number of rotatable bonds is 10. The van der Waals surface area contributed by atoms with E-state index < -0.39 is 0 Å². The van der Waals surface area contributed by atoms with E-state index in [9.17, 15) is 4.79 Å². The second-order valence-corrected chi connectivity index (χ2v) is 8.68. The van der Waals surface area contributed by atoms with Gasteiger partial charge in [-0.3, -0.25) is 9.69 Å². The van der Waals surface area contributed by atoms with Crippen molar-refractivity contribution in [3.8, 4) is 11.6 Å². The maximum Gasteiger partial charge on any atom is 0.236 e. The number of nitrogens with one attached hydrogen (secondary N) is 1. The Hall–Kier alpha value is -3.16. The van der Waals surface area contributed by atoms with Crippen molar-refractivity contribution < 1.29 is 14.3 Å². The van der Waals surface area contributed by atoms with E-state index in [1.165, 1.54) is 5.56 Å². The summed E-state index contributed by atoms with van der Waals surface area (Å²) < 4.78 is 12.8. The molecule has 2 heterocycles. The molecular formula is C27H34N4O3. The molecule has 3 aromatic rings. The molecule has 4 rings (SSSR count). The smallest absolute Gasteiger partial charge is 0.236 e. The molecule has 0 saturated carbocycles. The van der Waals surface area contributed by atoms with Crippen LogP contribution in [-0.2, 0) is 16.0 Å². The molecule has 1 saturated heterocycles. The minimum atomic E-state index is -0.0113. The maximum absolute atomic E-state index is 13.3. The van der Waals surface area contributed by atoms with Gasteiger partial charge in [0.25, 0.3) is 0 Å². The minimum absolute atomic E-state index is 0.0113. The number of hydrogen-bond donors (Lipinski definition) is 1. The van der Waals surface area contributed by atoms with Gasteiger partial charge in [-0.05, 0) is 31.5 Å². The largest absolute Gasteiger partial charge is 0.477 e. The van der Waals surface area contributed by atoms with Crippen LogP contribution in [0.5, 0.6) is 5.88 Å². The Morgan fingerprint density at radius 1 is 1.09 bits per heavy atom. The molecule has 34 heavy (non-hydrogen) atoms. The van der Waals surface area contributed by atoms with Crippen LogP contribution in [0.3, 0.4) is 0 Å². The third-order valence-electron chi connectivity index (χ3n) is 6.39. The predicted molar refractivity (Wildman–Crippen MR) is 133 cm³/mol. The van der Waals surface area contributed by atoms with Crippen LogP contribution in [0.15, 0.2) is 60.7 Å². The Kier molecular flexibility index (Phi) is 7.98. The highest BCUT2D eigenvalue weighted by Gasteiger charge is 2.34. The molecular weight excluding hydrogens is 428 g/mol. The minimum Gasteiger partial charge on any atom is -0.477 e. The van der Waals surface area contributed by atoms with E-state index in [0.717, 1.165) is 36.6 Å².